The Balaban J connectivity index is 1.48. The Morgan fingerprint density at radius 2 is 2.28 bits per heavy atom. The Bertz CT molecular complexity index is 792. The molecule has 7 heteroatoms. The molecule has 2 aromatic rings. The van der Waals surface area contributed by atoms with Crippen LogP contribution in [0.3, 0.4) is 0 Å². The van der Waals surface area contributed by atoms with Gasteiger partial charge in [0.2, 0.25) is 11.8 Å². The molecule has 1 aliphatic heterocycles. The highest BCUT2D eigenvalue weighted by Gasteiger charge is 2.44. The molecule has 1 saturated carbocycles. The molecule has 134 valence electrons. The number of rotatable bonds is 4. The minimum absolute atomic E-state index is 0.0527. The van der Waals surface area contributed by atoms with Crippen LogP contribution >= 0.6 is 11.8 Å². The van der Waals surface area contributed by atoms with Crippen molar-refractivity contribution < 1.29 is 13.2 Å². The summed E-state index contributed by atoms with van der Waals surface area (Å²) in [5.74, 6) is -1.48. The van der Waals surface area contributed by atoms with Crippen LogP contribution in [0.1, 0.15) is 37.1 Å². The second-order valence-electron chi connectivity index (χ2n) is 6.84. The predicted octanol–water partition coefficient (Wildman–Crippen LogP) is 4.62. The van der Waals surface area contributed by atoms with E-state index < -0.39 is 5.92 Å². The lowest BCUT2D eigenvalue weighted by molar-refractivity contribution is -0.0494. The summed E-state index contributed by atoms with van der Waals surface area (Å²) in [4.78, 5) is 4.48. The Kier molecular flexibility index (Phi) is 4.43. The maximum absolute atomic E-state index is 13.9. The number of alkyl halides is 2. The van der Waals surface area contributed by atoms with Gasteiger partial charge in [-0.05, 0) is 31.0 Å². The molecule has 2 atom stereocenters. The van der Waals surface area contributed by atoms with E-state index in [9.17, 15) is 8.78 Å². The second kappa shape index (κ2) is 6.59. The molecular weight excluding hydrogens is 344 g/mol. The molecule has 0 spiro atoms. The molecule has 4 rings (SSSR count). The first-order valence-electron chi connectivity index (χ1n) is 8.65. The van der Waals surface area contributed by atoms with Crippen molar-refractivity contribution in [3.8, 4) is 0 Å². The van der Waals surface area contributed by atoms with Crippen molar-refractivity contribution in [1.29, 1.82) is 0 Å². The fourth-order valence-electron chi connectivity index (χ4n) is 3.57. The van der Waals surface area contributed by atoms with E-state index in [2.05, 4.69) is 10.1 Å². The third-order valence-corrected chi connectivity index (χ3v) is 6.17. The van der Waals surface area contributed by atoms with Crippen LogP contribution < -0.4 is 0 Å². The van der Waals surface area contributed by atoms with Gasteiger partial charge in [0.1, 0.15) is 5.52 Å². The van der Waals surface area contributed by atoms with Crippen molar-refractivity contribution in [2.45, 2.75) is 55.6 Å². The fourth-order valence-corrected chi connectivity index (χ4v) is 4.91. The minimum Gasteiger partial charge on any atom is -0.440 e. The highest BCUT2D eigenvalue weighted by atomic mass is 32.2. The third-order valence-electron chi connectivity index (χ3n) is 4.84. The van der Waals surface area contributed by atoms with Gasteiger partial charge in [0, 0.05) is 37.3 Å². The molecule has 0 saturated heterocycles. The van der Waals surface area contributed by atoms with E-state index >= 15 is 0 Å². The number of oxazole rings is 1. The van der Waals surface area contributed by atoms with Crippen LogP contribution in [-0.2, 0) is 5.75 Å². The van der Waals surface area contributed by atoms with Crippen LogP contribution in [0.4, 0.5) is 8.78 Å². The van der Waals surface area contributed by atoms with E-state index in [0.29, 0.717) is 18.1 Å². The van der Waals surface area contributed by atoms with Gasteiger partial charge in [-0.25, -0.2) is 13.8 Å². The number of halogens is 2. The van der Waals surface area contributed by atoms with Crippen molar-refractivity contribution in [2.24, 2.45) is 5.10 Å². The molecule has 0 N–H and O–H groups in total. The van der Waals surface area contributed by atoms with Gasteiger partial charge in [-0.1, -0.05) is 6.07 Å². The number of benzene rings is 1. The number of thioether (sulfide) groups is 1. The SMILES string of the molecule is Cc1ccc2nc(CSC3CC(F)(F)CCC3N3CCC=N3)oc2c1. The minimum atomic E-state index is -2.59. The highest BCUT2D eigenvalue weighted by Crippen LogP contribution is 2.42. The van der Waals surface area contributed by atoms with Gasteiger partial charge in [-0.2, -0.15) is 5.10 Å². The van der Waals surface area contributed by atoms with Crippen molar-refractivity contribution in [1.82, 2.24) is 9.99 Å². The molecule has 0 radical (unpaired) electrons. The van der Waals surface area contributed by atoms with Gasteiger partial charge in [-0.3, -0.25) is 5.01 Å². The van der Waals surface area contributed by atoms with Crippen molar-refractivity contribution >= 4 is 29.1 Å². The van der Waals surface area contributed by atoms with Gasteiger partial charge in [0.25, 0.3) is 0 Å². The van der Waals surface area contributed by atoms with E-state index in [4.69, 9.17) is 4.42 Å². The van der Waals surface area contributed by atoms with Gasteiger partial charge in [0.15, 0.2) is 5.58 Å². The highest BCUT2D eigenvalue weighted by molar-refractivity contribution is 7.99. The standard InChI is InChI=1S/C18H21F2N3OS/c1-12-3-4-13-15(9-12)24-17(22-13)11-25-16-10-18(19,20)6-5-14(16)23-8-2-7-21-23/h3-4,7,9,14,16H,2,5-6,8,10-11H2,1H3. The van der Waals surface area contributed by atoms with E-state index in [1.54, 1.807) is 0 Å². The zero-order chi connectivity index (χ0) is 17.4. The normalized spacial score (nSPS) is 25.8. The average Bonchev–Trinajstić information content (AvgIpc) is 3.21. The largest absolute Gasteiger partial charge is 0.440 e. The van der Waals surface area contributed by atoms with Crippen molar-refractivity contribution in [3.05, 3.63) is 29.7 Å². The van der Waals surface area contributed by atoms with Gasteiger partial charge < -0.3 is 4.42 Å². The zero-order valence-electron chi connectivity index (χ0n) is 14.1. The molecule has 0 amide bonds. The summed E-state index contributed by atoms with van der Waals surface area (Å²) in [6.45, 7) is 2.83. The van der Waals surface area contributed by atoms with E-state index in [1.807, 2.05) is 36.3 Å². The van der Waals surface area contributed by atoms with E-state index in [-0.39, 0.29) is 24.1 Å². The molecule has 1 fully saturated rings. The van der Waals surface area contributed by atoms with Crippen molar-refractivity contribution in [3.63, 3.8) is 0 Å². The van der Waals surface area contributed by atoms with E-state index in [0.717, 1.165) is 29.6 Å². The Hall–Kier alpha value is -1.63. The maximum Gasteiger partial charge on any atom is 0.249 e. The quantitative estimate of drug-likeness (QED) is 0.793. The van der Waals surface area contributed by atoms with Gasteiger partial charge in [0.05, 0.1) is 11.8 Å². The first kappa shape index (κ1) is 16.8. The fraction of sp³-hybridized carbons (Fsp3) is 0.556. The summed E-state index contributed by atoms with van der Waals surface area (Å²) in [5, 5.41) is 6.19. The smallest absolute Gasteiger partial charge is 0.249 e. The summed E-state index contributed by atoms with van der Waals surface area (Å²) in [6.07, 6.45) is 3.09. The van der Waals surface area contributed by atoms with Crippen molar-refractivity contribution in [2.75, 3.05) is 6.54 Å². The Morgan fingerprint density at radius 1 is 1.40 bits per heavy atom. The van der Waals surface area contributed by atoms with E-state index in [1.165, 1.54) is 11.8 Å². The molecule has 1 aromatic carbocycles. The van der Waals surface area contributed by atoms with Gasteiger partial charge >= 0.3 is 0 Å². The number of aromatic nitrogens is 1. The summed E-state index contributed by atoms with van der Waals surface area (Å²) < 4.78 is 33.7. The average molecular weight is 365 g/mol. The van der Waals surface area contributed by atoms with Crippen LogP contribution in [0.5, 0.6) is 0 Å². The summed E-state index contributed by atoms with van der Waals surface area (Å²) in [7, 11) is 0. The molecule has 4 nitrogen and oxygen atoms in total. The first-order valence-corrected chi connectivity index (χ1v) is 9.70. The topological polar surface area (TPSA) is 41.6 Å². The van der Waals surface area contributed by atoms with Gasteiger partial charge in [-0.15, -0.1) is 11.8 Å². The third kappa shape index (κ3) is 3.66. The number of nitrogens with zero attached hydrogens (tertiary/aromatic N) is 3. The van der Waals surface area contributed by atoms with Crippen LogP contribution in [0.25, 0.3) is 11.1 Å². The molecule has 25 heavy (non-hydrogen) atoms. The summed E-state index contributed by atoms with van der Waals surface area (Å²) in [5.41, 5.74) is 2.68. The Labute approximate surface area is 149 Å². The second-order valence-corrected chi connectivity index (χ2v) is 8.07. The summed E-state index contributed by atoms with van der Waals surface area (Å²) in [6, 6.07) is 5.94. The number of fused-ring (bicyclic) bond motifs is 1. The predicted molar refractivity (Wildman–Crippen MR) is 96.2 cm³/mol. The Morgan fingerprint density at radius 3 is 3.08 bits per heavy atom. The molecule has 2 aliphatic rings. The van der Waals surface area contributed by atoms with Crippen LogP contribution in [0, 0.1) is 6.92 Å². The number of hydrogen-bond donors (Lipinski definition) is 0. The maximum atomic E-state index is 13.9. The lowest BCUT2D eigenvalue weighted by Gasteiger charge is -2.39. The lowest BCUT2D eigenvalue weighted by atomic mass is 9.91. The molecule has 2 heterocycles. The van der Waals surface area contributed by atoms with Crippen LogP contribution in [0.15, 0.2) is 27.7 Å². The monoisotopic (exact) mass is 365 g/mol. The molecule has 2 unspecified atom stereocenters. The first-order chi connectivity index (χ1) is 12.0. The molecule has 0 bridgehead atoms. The summed E-state index contributed by atoms with van der Waals surface area (Å²) >= 11 is 1.52. The zero-order valence-corrected chi connectivity index (χ0v) is 14.9. The molecule has 1 aliphatic carbocycles. The van der Waals surface area contributed by atoms with Crippen LogP contribution in [-0.4, -0.2) is 40.0 Å². The van der Waals surface area contributed by atoms with Crippen LogP contribution in [0.2, 0.25) is 0 Å². The molecular formula is C18H21F2N3OS. The number of aryl methyl sites for hydroxylation is 1. The number of hydrogen-bond acceptors (Lipinski definition) is 5. The lowest BCUT2D eigenvalue weighted by Crippen LogP contribution is -2.45. The molecule has 1 aromatic heterocycles. The number of hydrazone groups is 1.